The number of nitrogens with zero attached hydrogens (tertiary/aromatic N) is 1. The molecule has 1 heterocycles. The van der Waals surface area contributed by atoms with Gasteiger partial charge in [0.15, 0.2) is 23.0 Å². The molecule has 0 aliphatic rings. The minimum absolute atomic E-state index is 0.654. The van der Waals surface area contributed by atoms with Crippen molar-refractivity contribution in [2.75, 3.05) is 0 Å². The summed E-state index contributed by atoms with van der Waals surface area (Å²) in [7, 11) is 0. The smallest absolute Gasteiger partial charge is 0.224 e. The molecule has 0 aromatic carbocycles. The molecule has 0 atom stereocenters. The zero-order valence-corrected chi connectivity index (χ0v) is 7.12. The van der Waals surface area contributed by atoms with Crippen LogP contribution in [0.3, 0.4) is 0 Å². The topological polar surface area (TPSA) is 22.1 Å². The van der Waals surface area contributed by atoms with Gasteiger partial charge in [0.25, 0.3) is 0 Å². The molecule has 0 unspecified atom stereocenters. The Morgan fingerprint density at radius 3 is 2.78 bits per heavy atom. The van der Waals surface area contributed by atoms with Crippen molar-refractivity contribution in [3.05, 3.63) is 23.9 Å². The van der Waals surface area contributed by atoms with Crippen LogP contribution in [-0.2, 0) is 0 Å². The first-order chi connectivity index (χ1) is 4.33. The SMILES string of the molecule is Cc1ccc(OI)nc1. The average molecular weight is 235 g/mol. The highest BCUT2D eigenvalue weighted by atomic mass is 127. The number of aryl methyl sites for hydroxylation is 1. The summed E-state index contributed by atoms with van der Waals surface area (Å²) < 4.78 is 4.83. The van der Waals surface area contributed by atoms with Crippen LogP contribution in [0.2, 0.25) is 0 Å². The van der Waals surface area contributed by atoms with Gasteiger partial charge in [-0.1, -0.05) is 6.07 Å². The van der Waals surface area contributed by atoms with E-state index in [1.807, 2.05) is 19.1 Å². The third kappa shape index (κ3) is 1.82. The summed E-state index contributed by atoms with van der Waals surface area (Å²) >= 11 is 1.80. The molecule has 0 aliphatic heterocycles. The largest absolute Gasteiger partial charge is 0.408 e. The van der Waals surface area contributed by atoms with E-state index < -0.39 is 0 Å². The second-order valence-corrected chi connectivity index (χ2v) is 2.19. The summed E-state index contributed by atoms with van der Waals surface area (Å²) in [6.45, 7) is 1.99. The molecule has 0 saturated carbocycles. The van der Waals surface area contributed by atoms with E-state index in [0.717, 1.165) is 5.56 Å². The molecule has 0 radical (unpaired) electrons. The lowest BCUT2D eigenvalue weighted by Gasteiger charge is -1.93. The maximum absolute atomic E-state index is 4.83. The molecule has 0 aliphatic carbocycles. The predicted octanol–water partition coefficient (Wildman–Crippen LogP) is 2.12. The van der Waals surface area contributed by atoms with Crippen LogP contribution in [0.4, 0.5) is 0 Å². The first-order valence-electron chi connectivity index (χ1n) is 2.54. The minimum Gasteiger partial charge on any atom is -0.408 e. The molecule has 2 nitrogen and oxygen atoms in total. The second kappa shape index (κ2) is 3.00. The second-order valence-electron chi connectivity index (χ2n) is 1.75. The van der Waals surface area contributed by atoms with Gasteiger partial charge in [0, 0.05) is 12.3 Å². The highest BCUT2D eigenvalue weighted by molar-refractivity contribution is 14.1. The zero-order valence-electron chi connectivity index (χ0n) is 4.97. The van der Waals surface area contributed by atoms with Gasteiger partial charge in [0.1, 0.15) is 0 Å². The van der Waals surface area contributed by atoms with Crippen LogP contribution in [0.25, 0.3) is 0 Å². The van der Waals surface area contributed by atoms with Crippen LogP contribution in [0.15, 0.2) is 18.3 Å². The Kier molecular flexibility index (Phi) is 2.27. The van der Waals surface area contributed by atoms with Crippen LogP contribution in [-0.4, -0.2) is 4.98 Å². The highest BCUT2D eigenvalue weighted by Gasteiger charge is 1.88. The molecule has 48 valence electrons. The van der Waals surface area contributed by atoms with Gasteiger partial charge in [-0.3, -0.25) is 0 Å². The molecule has 0 bridgehead atoms. The van der Waals surface area contributed by atoms with E-state index in [2.05, 4.69) is 4.98 Å². The Morgan fingerprint density at radius 1 is 1.56 bits per heavy atom. The van der Waals surface area contributed by atoms with E-state index in [-0.39, 0.29) is 0 Å². The van der Waals surface area contributed by atoms with Crippen molar-refractivity contribution in [3.8, 4) is 5.88 Å². The Labute approximate surface area is 67.9 Å². The molecule has 0 spiro atoms. The predicted molar refractivity (Wildman–Crippen MR) is 43.6 cm³/mol. The van der Waals surface area contributed by atoms with Crippen molar-refractivity contribution in [1.82, 2.24) is 4.98 Å². The molecule has 0 saturated heterocycles. The number of hydrogen-bond acceptors (Lipinski definition) is 2. The summed E-state index contributed by atoms with van der Waals surface area (Å²) in [5.74, 6) is 0.654. The first kappa shape index (κ1) is 6.80. The number of aromatic nitrogens is 1. The van der Waals surface area contributed by atoms with E-state index in [9.17, 15) is 0 Å². The summed E-state index contributed by atoms with van der Waals surface area (Å²) in [6, 6.07) is 3.79. The number of pyridine rings is 1. The van der Waals surface area contributed by atoms with Gasteiger partial charge in [-0.05, 0) is 12.5 Å². The summed E-state index contributed by atoms with van der Waals surface area (Å²) in [4.78, 5) is 3.97. The summed E-state index contributed by atoms with van der Waals surface area (Å²) in [5.41, 5.74) is 1.15. The van der Waals surface area contributed by atoms with Crippen LogP contribution in [0.1, 0.15) is 5.56 Å². The fraction of sp³-hybridized carbons (Fsp3) is 0.167. The molecule has 0 amide bonds. The van der Waals surface area contributed by atoms with E-state index in [4.69, 9.17) is 3.07 Å². The Morgan fingerprint density at radius 2 is 2.33 bits per heavy atom. The third-order valence-corrected chi connectivity index (χ3v) is 1.41. The lowest BCUT2D eigenvalue weighted by molar-refractivity contribution is 0.680. The molecule has 9 heavy (non-hydrogen) atoms. The van der Waals surface area contributed by atoms with Crippen molar-refractivity contribution in [2.45, 2.75) is 6.92 Å². The summed E-state index contributed by atoms with van der Waals surface area (Å²) in [6.07, 6.45) is 1.77. The van der Waals surface area contributed by atoms with E-state index in [1.54, 1.807) is 29.2 Å². The molecule has 3 heteroatoms. The highest BCUT2D eigenvalue weighted by Crippen LogP contribution is 2.08. The number of rotatable bonds is 1. The quantitative estimate of drug-likeness (QED) is 0.695. The first-order valence-corrected chi connectivity index (χ1v) is 3.42. The van der Waals surface area contributed by atoms with Gasteiger partial charge in [-0.2, -0.15) is 0 Å². The van der Waals surface area contributed by atoms with Gasteiger partial charge in [0.2, 0.25) is 5.88 Å². The maximum Gasteiger partial charge on any atom is 0.224 e. The van der Waals surface area contributed by atoms with Crippen LogP contribution < -0.4 is 3.07 Å². The van der Waals surface area contributed by atoms with Gasteiger partial charge in [-0.25, -0.2) is 4.98 Å². The van der Waals surface area contributed by atoms with Gasteiger partial charge in [0.05, 0.1) is 0 Å². The lowest BCUT2D eigenvalue weighted by atomic mass is 10.3. The molecular weight excluding hydrogens is 229 g/mol. The Balaban J connectivity index is 2.88. The average Bonchev–Trinajstić information content (AvgIpc) is 1.90. The molecule has 1 rings (SSSR count). The minimum atomic E-state index is 0.654. The monoisotopic (exact) mass is 235 g/mol. The van der Waals surface area contributed by atoms with E-state index in [0.29, 0.717) is 5.88 Å². The zero-order chi connectivity index (χ0) is 6.69. The maximum atomic E-state index is 4.83. The van der Waals surface area contributed by atoms with Crippen LogP contribution in [0.5, 0.6) is 5.88 Å². The van der Waals surface area contributed by atoms with Gasteiger partial charge >= 0.3 is 0 Å². The van der Waals surface area contributed by atoms with Crippen molar-refractivity contribution < 1.29 is 3.07 Å². The van der Waals surface area contributed by atoms with Gasteiger partial charge < -0.3 is 3.07 Å². The van der Waals surface area contributed by atoms with Crippen molar-refractivity contribution in [3.63, 3.8) is 0 Å². The molecular formula is C6H6INO. The van der Waals surface area contributed by atoms with Crippen LogP contribution in [0, 0.1) is 6.92 Å². The fourth-order valence-electron chi connectivity index (χ4n) is 0.500. The Hall–Kier alpha value is -0.320. The standard InChI is InChI=1S/C6H6INO/c1-5-2-3-6(9-7)8-4-5/h2-4H,1H3. The number of halogens is 1. The molecule has 0 N–H and O–H groups in total. The molecule has 1 aromatic rings. The van der Waals surface area contributed by atoms with Crippen molar-refractivity contribution >= 4 is 23.0 Å². The Bertz CT molecular complexity index is 185. The lowest BCUT2D eigenvalue weighted by Crippen LogP contribution is -1.79. The number of hydrogen-bond donors (Lipinski definition) is 0. The van der Waals surface area contributed by atoms with Gasteiger partial charge in [-0.15, -0.1) is 0 Å². The third-order valence-electron chi connectivity index (χ3n) is 0.963. The fourth-order valence-corrected chi connectivity index (χ4v) is 0.760. The van der Waals surface area contributed by atoms with Crippen molar-refractivity contribution in [1.29, 1.82) is 0 Å². The summed E-state index contributed by atoms with van der Waals surface area (Å²) in [5, 5.41) is 0. The molecule has 1 aromatic heterocycles. The van der Waals surface area contributed by atoms with Crippen LogP contribution >= 0.6 is 23.0 Å². The van der Waals surface area contributed by atoms with Crippen molar-refractivity contribution in [2.24, 2.45) is 0 Å². The van der Waals surface area contributed by atoms with E-state index in [1.165, 1.54) is 0 Å². The molecule has 0 fully saturated rings. The van der Waals surface area contributed by atoms with E-state index >= 15 is 0 Å². The normalized spacial score (nSPS) is 9.11.